The highest BCUT2D eigenvalue weighted by Gasteiger charge is 2.15. The first-order chi connectivity index (χ1) is 15.5. The minimum absolute atomic E-state index is 0.300. The molecular weight excluding hydrogens is 424 g/mol. The predicted octanol–water partition coefficient (Wildman–Crippen LogP) is 4.23. The Balaban J connectivity index is 1.31. The molecule has 0 saturated heterocycles. The average Bonchev–Trinajstić information content (AvgIpc) is 3.41. The van der Waals surface area contributed by atoms with Crippen LogP contribution in [-0.2, 0) is 9.59 Å². The number of carbonyl (C=O) groups is 2. The van der Waals surface area contributed by atoms with Gasteiger partial charge in [0, 0.05) is 35.1 Å². The van der Waals surface area contributed by atoms with Crippen LogP contribution in [0.2, 0.25) is 0 Å². The standard InChI is InChI=1S/C24H22N4O3S/c1-16(25-22(29)12-5-17-3-10-20(31-2)11-4-17)23(30)26-19-8-6-18(7-9-19)21-15-28-13-14-32-24(28)27-21/h3-16H,1-2H3,(H,25,29)(H,26,30)/b12-5+. The number of carbonyl (C=O) groups excluding carboxylic acids is 2. The van der Waals surface area contributed by atoms with E-state index in [0.29, 0.717) is 5.69 Å². The van der Waals surface area contributed by atoms with Crippen molar-refractivity contribution in [3.8, 4) is 17.0 Å². The van der Waals surface area contributed by atoms with E-state index < -0.39 is 6.04 Å². The molecule has 2 heterocycles. The predicted molar refractivity (Wildman–Crippen MR) is 127 cm³/mol. The number of rotatable bonds is 7. The number of hydrogen-bond acceptors (Lipinski definition) is 5. The quantitative estimate of drug-likeness (QED) is 0.416. The number of fused-ring (bicyclic) bond motifs is 1. The third kappa shape index (κ3) is 5.04. The largest absolute Gasteiger partial charge is 0.497 e. The SMILES string of the molecule is COc1ccc(/C=C/C(=O)NC(C)C(=O)Nc2ccc(-c3cn4ccsc4n3)cc2)cc1. The van der Waals surface area contributed by atoms with Crippen LogP contribution in [-0.4, -0.2) is 34.4 Å². The van der Waals surface area contributed by atoms with Crippen LogP contribution in [0.5, 0.6) is 5.75 Å². The smallest absolute Gasteiger partial charge is 0.246 e. The number of hydrogen-bond donors (Lipinski definition) is 2. The van der Waals surface area contributed by atoms with Gasteiger partial charge in [-0.15, -0.1) is 11.3 Å². The van der Waals surface area contributed by atoms with Gasteiger partial charge in [0.15, 0.2) is 4.96 Å². The summed E-state index contributed by atoms with van der Waals surface area (Å²) in [6.45, 7) is 1.64. The van der Waals surface area contributed by atoms with Crippen molar-refractivity contribution in [3.63, 3.8) is 0 Å². The average molecular weight is 447 g/mol. The normalized spacial score (nSPS) is 12.1. The van der Waals surface area contributed by atoms with Gasteiger partial charge in [-0.05, 0) is 42.8 Å². The molecule has 0 fully saturated rings. The molecular formula is C24H22N4O3S. The topological polar surface area (TPSA) is 84.7 Å². The molecule has 0 bridgehead atoms. The molecule has 32 heavy (non-hydrogen) atoms. The number of aromatic nitrogens is 2. The summed E-state index contributed by atoms with van der Waals surface area (Å²) in [6.07, 6.45) is 7.01. The second-order valence-corrected chi connectivity index (χ2v) is 8.00. The van der Waals surface area contributed by atoms with Crippen LogP contribution >= 0.6 is 11.3 Å². The third-order valence-electron chi connectivity index (χ3n) is 4.84. The molecule has 8 heteroatoms. The lowest BCUT2D eigenvalue weighted by atomic mass is 10.1. The summed E-state index contributed by atoms with van der Waals surface area (Å²) in [5.41, 5.74) is 3.34. The van der Waals surface area contributed by atoms with Gasteiger partial charge in [-0.25, -0.2) is 4.98 Å². The zero-order valence-electron chi connectivity index (χ0n) is 17.6. The third-order valence-corrected chi connectivity index (χ3v) is 5.61. The molecule has 2 N–H and O–H groups in total. The Kier molecular flexibility index (Phi) is 6.32. The van der Waals surface area contributed by atoms with Crippen LogP contribution in [0.15, 0.2) is 72.4 Å². The van der Waals surface area contributed by atoms with Crippen molar-refractivity contribution >= 4 is 39.9 Å². The van der Waals surface area contributed by atoms with Crippen LogP contribution in [0.3, 0.4) is 0 Å². The zero-order valence-corrected chi connectivity index (χ0v) is 18.4. The molecule has 0 radical (unpaired) electrons. The van der Waals surface area contributed by atoms with Crippen LogP contribution in [0.25, 0.3) is 22.3 Å². The molecule has 2 aromatic heterocycles. The summed E-state index contributed by atoms with van der Waals surface area (Å²) < 4.78 is 7.08. The van der Waals surface area contributed by atoms with Crippen molar-refractivity contribution < 1.29 is 14.3 Å². The Hall–Kier alpha value is -3.91. The molecule has 2 amide bonds. The number of nitrogens with one attached hydrogen (secondary N) is 2. The maximum atomic E-state index is 12.5. The number of methoxy groups -OCH3 is 1. The molecule has 0 saturated carbocycles. The Labute approximate surface area is 189 Å². The lowest BCUT2D eigenvalue weighted by Gasteiger charge is -2.13. The van der Waals surface area contributed by atoms with Crippen molar-refractivity contribution in [2.45, 2.75) is 13.0 Å². The monoisotopic (exact) mass is 446 g/mol. The van der Waals surface area contributed by atoms with Gasteiger partial charge >= 0.3 is 0 Å². The van der Waals surface area contributed by atoms with Gasteiger partial charge in [0.25, 0.3) is 0 Å². The van der Waals surface area contributed by atoms with E-state index in [4.69, 9.17) is 4.74 Å². The van der Waals surface area contributed by atoms with Gasteiger partial charge in [0.2, 0.25) is 11.8 Å². The molecule has 1 unspecified atom stereocenters. The Morgan fingerprint density at radius 1 is 1.12 bits per heavy atom. The molecule has 2 aromatic carbocycles. The highest BCUT2D eigenvalue weighted by atomic mass is 32.1. The van der Waals surface area contributed by atoms with Crippen molar-refractivity contribution in [1.82, 2.24) is 14.7 Å². The summed E-state index contributed by atoms with van der Waals surface area (Å²) in [7, 11) is 1.60. The lowest BCUT2D eigenvalue weighted by Crippen LogP contribution is -2.40. The number of ether oxygens (including phenoxy) is 1. The second-order valence-electron chi connectivity index (χ2n) is 7.12. The number of benzene rings is 2. The fourth-order valence-electron chi connectivity index (χ4n) is 3.06. The van der Waals surface area contributed by atoms with Crippen LogP contribution in [0.4, 0.5) is 5.69 Å². The molecule has 0 aliphatic heterocycles. The molecule has 0 spiro atoms. The minimum atomic E-state index is -0.692. The Morgan fingerprint density at radius 3 is 2.56 bits per heavy atom. The van der Waals surface area contributed by atoms with Gasteiger partial charge in [-0.1, -0.05) is 24.3 Å². The first kappa shape index (κ1) is 21.3. The van der Waals surface area contributed by atoms with Crippen LogP contribution in [0, 0.1) is 0 Å². The number of amides is 2. The van der Waals surface area contributed by atoms with E-state index in [0.717, 1.165) is 27.5 Å². The van der Waals surface area contributed by atoms with Gasteiger partial charge < -0.3 is 15.4 Å². The fourth-order valence-corrected chi connectivity index (χ4v) is 3.76. The Bertz CT molecular complexity index is 1230. The van der Waals surface area contributed by atoms with Crippen molar-refractivity contribution in [2.24, 2.45) is 0 Å². The maximum Gasteiger partial charge on any atom is 0.246 e. The molecule has 4 aromatic rings. The first-order valence-corrected chi connectivity index (χ1v) is 10.9. The summed E-state index contributed by atoms with van der Waals surface area (Å²) >= 11 is 1.58. The first-order valence-electron chi connectivity index (χ1n) is 9.98. The second kappa shape index (κ2) is 9.49. The van der Waals surface area contributed by atoms with Crippen LogP contribution < -0.4 is 15.4 Å². The van der Waals surface area contributed by atoms with Crippen molar-refractivity contribution in [3.05, 3.63) is 77.9 Å². The minimum Gasteiger partial charge on any atom is -0.497 e. The number of thiazole rings is 1. The van der Waals surface area contributed by atoms with Crippen molar-refractivity contribution in [1.29, 1.82) is 0 Å². The molecule has 162 valence electrons. The van der Waals surface area contributed by atoms with Gasteiger partial charge in [-0.2, -0.15) is 0 Å². The van der Waals surface area contributed by atoms with Gasteiger partial charge in [0.05, 0.1) is 12.8 Å². The summed E-state index contributed by atoms with van der Waals surface area (Å²) in [5.74, 6) is 0.0969. The summed E-state index contributed by atoms with van der Waals surface area (Å²) in [5, 5.41) is 7.47. The molecule has 7 nitrogen and oxygen atoms in total. The van der Waals surface area contributed by atoms with E-state index >= 15 is 0 Å². The molecule has 1 atom stereocenters. The summed E-state index contributed by atoms with van der Waals surface area (Å²) in [6, 6.07) is 14.1. The van der Waals surface area contributed by atoms with E-state index in [1.165, 1.54) is 6.08 Å². The van der Waals surface area contributed by atoms with E-state index in [-0.39, 0.29) is 11.8 Å². The number of anilines is 1. The van der Waals surface area contributed by atoms with Gasteiger partial charge in [0.1, 0.15) is 11.8 Å². The summed E-state index contributed by atoms with van der Waals surface area (Å²) in [4.78, 5) is 30.1. The van der Waals surface area contributed by atoms with Crippen molar-refractivity contribution in [2.75, 3.05) is 12.4 Å². The fraction of sp³-hybridized carbons (Fsp3) is 0.125. The molecule has 0 aliphatic rings. The number of nitrogens with zero attached hydrogens (tertiary/aromatic N) is 2. The Morgan fingerprint density at radius 2 is 1.88 bits per heavy atom. The highest BCUT2D eigenvalue weighted by Crippen LogP contribution is 2.23. The molecule has 0 aliphatic carbocycles. The van der Waals surface area contributed by atoms with E-state index in [1.807, 2.05) is 70.7 Å². The van der Waals surface area contributed by atoms with Crippen LogP contribution in [0.1, 0.15) is 12.5 Å². The molecule has 4 rings (SSSR count). The van der Waals surface area contributed by atoms with E-state index in [2.05, 4.69) is 15.6 Å². The lowest BCUT2D eigenvalue weighted by molar-refractivity contribution is -0.123. The maximum absolute atomic E-state index is 12.5. The van der Waals surface area contributed by atoms with E-state index in [1.54, 1.807) is 31.4 Å². The number of imidazole rings is 1. The zero-order chi connectivity index (χ0) is 22.5. The highest BCUT2D eigenvalue weighted by molar-refractivity contribution is 7.15. The van der Waals surface area contributed by atoms with Gasteiger partial charge in [-0.3, -0.25) is 14.0 Å². The van der Waals surface area contributed by atoms with E-state index in [9.17, 15) is 9.59 Å².